The third-order valence-electron chi connectivity index (χ3n) is 4.59. The van der Waals surface area contributed by atoms with Gasteiger partial charge >= 0.3 is 0 Å². The summed E-state index contributed by atoms with van der Waals surface area (Å²) in [5.74, 6) is 0.411. The minimum atomic E-state index is -0.300. The van der Waals surface area contributed by atoms with E-state index in [0.717, 1.165) is 17.7 Å². The van der Waals surface area contributed by atoms with Crippen LogP contribution in [0.5, 0.6) is 5.75 Å². The van der Waals surface area contributed by atoms with Crippen LogP contribution in [0.25, 0.3) is 0 Å². The first-order valence-corrected chi connectivity index (χ1v) is 8.53. The molecule has 2 amide bonds. The summed E-state index contributed by atoms with van der Waals surface area (Å²) in [5.41, 5.74) is 1.02. The third-order valence-corrected chi connectivity index (χ3v) is 4.59. The Morgan fingerprint density at radius 3 is 2.84 bits per heavy atom. The fourth-order valence-corrected chi connectivity index (χ4v) is 3.07. The summed E-state index contributed by atoms with van der Waals surface area (Å²) in [6.45, 7) is 2.35. The molecular formula is C18H24N2O5. The standard InChI is InChI=1S/C18H24N2O5/c1-23-15-4-2-13(3-5-15)10-20-11-14(8-17(20)21)18(22)19-9-16-6-7-24-12-25-16/h2-5,14,16H,6-12H2,1H3,(H,19,22)/t14-,16-/m0/s1. The predicted molar refractivity (Wildman–Crippen MR) is 89.8 cm³/mol. The average molecular weight is 348 g/mol. The number of hydrogen-bond acceptors (Lipinski definition) is 5. The fourth-order valence-electron chi connectivity index (χ4n) is 3.07. The lowest BCUT2D eigenvalue weighted by atomic mass is 10.1. The van der Waals surface area contributed by atoms with Gasteiger partial charge in [-0.15, -0.1) is 0 Å². The second-order valence-electron chi connectivity index (χ2n) is 6.37. The number of ether oxygens (including phenoxy) is 3. The van der Waals surface area contributed by atoms with E-state index in [1.807, 2.05) is 24.3 Å². The number of benzene rings is 1. The van der Waals surface area contributed by atoms with Gasteiger partial charge in [0.15, 0.2) is 0 Å². The van der Waals surface area contributed by atoms with E-state index in [1.54, 1.807) is 12.0 Å². The summed E-state index contributed by atoms with van der Waals surface area (Å²) < 4.78 is 15.7. The number of methoxy groups -OCH3 is 1. The van der Waals surface area contributed by atoms with Crippen LogP contribution >= 0.6 is 0 Å². The molecule has 0 aromatic heterocycles. The smallest absolute Gasteiger partial charge is 0.225 e. The van der Waals surface area contributed by atoms with Crippen molar-refractivity contribution < 1.29 is 23.8 Å². The van der Waals surface area contributed by atoms with Crippen LogP contribution in [0, 0.1) is 5.92 Å². The zero-order valence-corrected chi connectivity index (χ0v) is 14.4. The van der Waals surface area contributed by atoms with Crippen LogP contribution in [0.3, 0.4) is 0 Å². The van der Waals surface area contributed by atoms with E-state index in [4.69, 9.17) is 14.2 Å². The summed E-state index contributed by atoms with van der Waals surface area (Å²) in [6, 6.07) is 7.60. The second kappa shape index (κ2) is 8.31. The molecule has 0 aliphatic carbocycles. The van der Waals surface area contributed by atoms with Gasteiger partial charge in [0.05, 0.1) is 25.7 Å². The molecule has 0 radical (unpaired) electrons. The van der Waals surface area contributed by atoms with Gasteiger partial charge in [-0.3, -0.25) is 9.59 Å². The van der Waals surface area contributed by atoms with Gasteiger partial charge in [0.25, 0.3) is 0 Å². The number of hydrogen-bond donors (Lipinski definition) is 1. The molecular weight excluding hydrogens is 324 g/mol. The van der Waals surface area contributed by atoms with Crippen molar-refractivity contribution in [1.82, 2.24) is 10.2 Å². The minimum absolute atomic E-state index is 0.00907. The van der Waals surface area contributed by atoms with Crippen molar-refractivity contribution in [3.8, 4) is 5.75 Å². The van der Waals surface area contributed by atoms with E-state index in [1.165, 1.54) is 0 Å². The molecule has 2 saturated heterocycles. The summed E-state index contributed by atoms with van der Waals surface area (Å²) in [7, 11) is 1.62. The van der Waals surface area contributed by atoms with Crippen LogP contribution in [0.4, 0.5) is 0 Å². The van der Waals surface area contributed by atoms with Crippen LogP contribution in [0.15, 0.2) is 24.3 Å². The highest BCUT2D eigenvalue weighted by Crippen LogP contribution is 2.21. The monoisotopic (exact) mass is 348 g/mol. The molecule has 2 heterocycles. The molecule has 1 N–H and O–H groups in total. The number of rotatable bonds is 6. The van der Waals surface area contributed by atoms with Gasteiger partial charge in [-0.2, -0.15) is 0 Å². The van der Waals surface area contributed by atoms with E-state index in [9.17, 15) is 9.59 Å². The van der Waals surface area contributed by atoms with Crippen molar-refractivity contribution in [2.45, 2.75) is 25.5 Å². The normalized spacial score (nSPS) is 23.6. The zero-order chi connectivity index (χ0) is 17.6. The molecule has 2 fully saturated rings. The molecule has 0 unspecified atom stereocenters. The largest absolute Gasteiger partial charge is 0.497 e. The molecule has 0 spiro atoms. The number of carbonyl (C=O) groups excluding carboxylic acids is 2. The Bertz CT molecular complexity index is 598. The quantitative estimate of drug-likeness (QED) is 0.827. The highest BCUT2D eigenvalue weighted by Gasteiger charge is 2.34. The first kappa shape index (κ1) is 17.7. The Labute approximate surface area is 147 Å². The lowest BCUT2D eigenvalue weighted by Crippen LogP contribution is -2.40. The molecule has 7 heteroatoms. The maximum Gasteiger partial charge on any atom is 0.225 e. The van der Waals surface area contributed by atoms with Crippen LogP contribution in [0.1, 0.15) is 18.4 Å². The van der Waals surface area contributed by atoms with Gasteiger partial charge in [0.2, 0.25) is 11.8 Å². The van der Waals surface area contributed by atoms with E-state index < -0.39 is 0 Å². The molecule has 7 nitrogen and oxygen atoms in total. The van der Waals surface area contributed by atoms with E-state index in [-0.39, 0.29) is 37.0 Å². The topological polar surface area (TPSA) is 77.1 Å². The first-order chi connectivity index (χ1) is 12.2. The lowest BCUT2D eigenvalue weighted by Gasteiger charge is -2.23. The Morgan fingerprint density at radius 2 is 2.16 bits per heavy atom. The predicted octanol–water partition coefficient (Wildman–Crippen LogP) is 0.923. The van der Waals surface area contributed by atoms with Gasteiger partial charge in [0.1, 0.15) is 12.5 Å². The van der Waals surface area contributed by atoms with Crippen molar-refractivity contribution in [3.63, 3.8) is 0 Å². The van der Waals surface area contributed by atoms with Crippen LogP contribution in [-0.4, -0.2) is 56.4 Å². The summed E-state index contributed by atoms with van der Waals surface area (Å²) >= 11 is 0. The first-order valence-electron chi connectivity index (χ1n) is 8.53. The molecule has 0 bridgehead atoms. The van der Waals surface area contributed by atoms with Gasteiger partial charge < -0.3 is 24.4 Å². The van der Waals surface area contributed by atoms with Crippen LogP contribution in [0.2, 0.25) is 0 Å². The fraction of sp³-hybridized carbons (Fsp3) is 0.556. The molecule has 3 rings (SSSR count). The van der Waals surface area contributed by atoms with E-state index >= 15 is 0 Å². The van der Waals surface area contributed by atoms with Crippen LogP contribution < -0.4 is 10.1 Å². The number of nitrogens with one attached hydrogen (secondary N) is 1. The van der Waals surface area contributed by atoms with Gasteiger partial charge in [0, 0.05) is 26.1 Å². The Morgan fingerprint density at radius 1 is 1.36 bits per heavy atom. The van der Waals surface area contributed by atoms with E-state index in [2.05, 4.69) is 5.32 Å². The van der Waals surface area contributed by atoms with Crippen LogP contribution in [-0.2, 0) is 25.6 Å². The van der Waals surface area contributed by atoms with Gasteiger partial charge in [-0.25, -0.2) is 0 Å². The molecule has 136 valence electrons. The second-order valence-corrected chi connectivity index (χ2v) is 6.37. The summed E-state index contributed by atoms with van der Waals surface area (Å²) in [4.78, 5) is 26.3. The number of carbonyl (C=O) groups is 2. The molecule has 25 heavy (non-hydrogen) atoms. The van der Waals surface area contributed by atoms with Gasteiger partial charge in [-0.1, -0.05) is 12.1 Å². The lowest BCUT2D eigenvalue weighted by molar-refractivity contribution is -0.142. The van der Waals surface area contributed by atoms with Gasteiger partial charge in [-0.05, 0) is 24.1 Å². The Balaban J connectivity index is 1.48. The maximum atomic E-state index is 12.3. The zero-order valence-electron chi connectivity index (χ0n) is 14.4. The van der Waals surface area contributed by atoms with Crippen molar-refractivity contribution in [2.24, 2.45) is 5.92 Å². The third kappa shape index (κ3) is 4.70. The molecule has 2 atom stereocenters. The molecule has 0 saturated carbocycles. The molecule has 2 aliphatic rings. The van der Waals surface area contributed by atoms with Crippen molar-refractivity contribution in [1.29, 1.82) is 0 Å². The number of likely N-dealkylation sites (tertiary alicyclic amines) is 1. The van der Waals surface area contributed by atoms with Crippen molar-refractivity contribution >= 4 is 11.8 Å². The Kier molecular flexibility index (Phi) is 5.88. The summed E-state index contributed by atoms with van der Waals surface area (Å²) in [6.07, 6.45) is 1.02. The summed E-state index contributed by atoms with van der Waals surface area (Å²) in [5, 5.41) is 2.90. The molecule has 1 aromatic carbocycles. The highest BCUT2D eigenvalue weighted by molar-refractivity contribution is 5.89. The average Bonchev–Trinajstić information content (AvgIpc) is 3.02. The van der Waals surface area contributed by atoms with Crippen molar-refractivity contribution in [2.75, 3.05) is 33.6 Å². The maximum absolute atomic E-state index is 12.3. The number of amides is 2. The Hall–Kier alpha value is -2.12. The molecule has 1 aromatic rings. The molecule has 2 aliphatic heterocycles. The SMILES string of the molecule is COc1ccc(CN2C[C@@H](C(=O)NC[C@@H]3CCOCO3)CC2=O)cc1. The van der Waals surface area contributed by atoms with Crippen molar-refractivity contribution in [3.05, 3.63) is 29.8 Å². The number of nitrogens with zero attached hydrogens (tertiary/aromatic N) is 1. The minimum Gasteiger partial charge on any atom is -0.497 e. The highest BCUT2D eigenvalue weighted by atomic mass is 16.7. The van der Waals surface area contributed by atoms with E-state index in [0.29, 0.717) is 26.2 Å².